The number of oxime groups is 1. The molecule has 1 aromatic rings. The number of hydrogen-bond acceptors (Lipinski definition) is 4. The highest BCUT2D eigenvalue weighted by atomic mass is 35.5. The molecule has 0 saturated carbocycles. The molecule has 7 heteroatoms. The van der Waals surface area contributed by atoms with Crippen LogP contribution in [0.25, 0.3) is 0 Å². The Morgan fingerprint density at radius 1 is 1.53 bits per heavy atom. The Bertz CT molecular complexity index is 444. The van der Waals surface area contributed by atoms with Crippen LogP contribution in [0.4, 0.5) is 0 Å². The molecule has 0 aromatic carbocycles. The van der Waals surface area contributed by atoms with E-state index in [-0.39, 0.29) is 5.84 Å². The molecule has 108 valence electrons. The van der Waals surface area contributed by atoms with Crippen molar-refractivity contribution < 1.29 is 5.21 Å². The molecular weight excluding hydrogens is 266 g/mol. The minimum Gasteiger partial charge on any atom is -0.409 e. The highest BCUT2D eigenvalue weighted by Crippen LogP contribution is 2.21. The predicted molar refractivity (Wildman–Crippen MR) is 76.6 cm³/mol. The molecule has 0 aliphatic rings. The highest BCUT2D eigenvalue weighted by molar-refractivity contribution is 6.31. The van der Waals surface area contributed by atoms with Crippen molar-refractivity contribution >= 4 is 17.4 Å². The molecule has 0 radical (unpaired) electrons. The molecular formula is C12H22ClN5O. The summed E-state index contributed by atoms with van der Waals surface area (Å²) >= 11 is 6.29. The first-order valence-electron chi connectivity index (χ1n) is 6.43. The zero-order chi connectivity index (χ0) is 14.4. The van der Waals surface area contributed by atoms with E-state index in [1.54, 1.807) is 0 Å². The van der Waals surface area contributed by atoms with Crippen molar-refractivity contribution in [2.45, 2.75) is 40.3 Å². The van der Waals surface area contributed by atoms with Gasteiger partial charge in [0.25, 0.3) is 0 Å². The molecule has 0 aliphatic heterocycles. The largest absolute Gasteiger partial charge is 0.409 e. The fraction of sp³-hybridized carbons (Fsp3) is 0.667. The van der Waals surface area contributed by atoms with Gasteiger partial charge in [-0.3, -0.25) is 9.58 Å². The minimum absolute atomic E-state index is 0.240. The molecule has 0 aliphatic carbocycles. The van der Waals surface area contributed by atoms with Crippen molar-refractivity contribution in [2.75, 3.05) is 13.1 Å². The summed E-state index contributed by atoms with van der Waals surface area (Å²) in [6, 6.07) is 0. The van der Waals surface area contributed by atoms with Crippen LogP contribution in [-0.4, -0.2) is 38.8 Å². The Kier molecular flexibility index (Phi) is 6.11. The molecule has 1 rings (SSSR count). The van der Waals surface area contributed by atoms with Gasteiger partial charge in [0.15, 0.2) is 0 Å². The summed E-state index contributed by atoms with van der Waals surface area (Å²) in [6.07, 6.45) is 0.529. The number of nitrogens with zero attached hydrogens (tertiary/aromatic N) is 4. The van der Waals surface area contributed by atoms with Gasteiger partial charge in [0.05, 0.1) is 16.4 Å². The van der Waals surface area contributed by atoms with Crippen LogP contribution >= 0.6 is 11.6 Å². The number of aromatic nitrogens is 2. The van der Waals surface area contributed by atoms with Crippen LogP contribution in [0.2, 0.25) is 5.02 Å². The van der Waals surface area contributed by atoms with E-state index in [4.69, 9.17) is 22.5 Å². The van der Waals surface area contributed by atoms with Gasteiger partial charge in [-0.2, -0.15) is 5.10 Å². The second-order valence-corrected chi connectivity index (χ2v) is 4.75. The maximum atomic E-state index is 8.55. The molecule has 1 aromatic heterocycles. The van der Waals surface area contributed by atoms with Gasteiger partial charge >= 0.3 is 0 Å². The van der Waals surface area contributed by atoms with Crippen LogP contribution in [-0.2, 0) is 13.1 Å². The van der Waals surface area contributed by atoms with Crippen molar-refractivity contribution in [3.63, 3.8) is 0 Å². The molecule has 3 N–H and O–H groups in total. The summed E-state index contributed by atoms with van der Waals surface area (Å²) in [7, 11) is 0. The summed E-state index contributed by atoms with van der Waals surface area (Å²) < 4.78 is 1.92. The van der Waals surface area contributed by atoms with Gasteiger partial charge in [-0.05, 0) is 20.4 Å². The van der Waals surface area contributed by atoms with E-state index in [9.17, 15) is 0 Å². The van der Waals surface area contributed by atoms with E-state index in [1.165, 1.54) is 0 Å². The highest BCUT2D eigenvalue weighted by Gasteiger charge is 2.15. The third-order valence-electron chi connectivity index (χ3n) is 3.09. The molecule has 0 fully saturated rings. The molecule has 19 heavy (non-hydrogen) atoms. The molecule has 0 bridgehead atoms. The standard InChI is InChI=1S/C12H22ClN5O/c1-4-17(7-6-11(14)16-19)8-10-12(13)9(3)15-18(10)5-2/h19H,4-8H2,1-3H3,(H2,14,16). The lowest BCUT2D eigenvalue weighted by molar-refractivity contribution is 0.275. The van der Waals surface area contributed by atoms with Crippen molar-refractivity contribution in [2.24, 2.45) is 10.9 Å². The monoisotopic (exact) mass is 287 g/mol. The number of rotatable bonds is 7. The summed E-state index contributed by atoms with van der Waals surface area (Å²) in [5.74, 6) is 0.240. The Hall–Kier alpha value is -1.27. The first-order valence-corrected chi connectivity index (χ1v) is 6.81. The van der Waals surface area contributed by atoms with Gasteiger partial charge in [-0.15, -0.1) is 0 Å². The molecule has 0 atom stereocenters. The van der Waals surface area contributed by atoms with E-state index in [2.05, 4.69) is 22.1 Å². The molecule has 0 saturated heterocycles. The van der Waals surface area contributed by atoms with E-state index >= 15 is 0 Å². The average molecular weight is 288 g/mol. The fourth-order valence-electron chi connectivity index (χ4n) is 1.90. The van der Waals surface area contributed by atoms with Crippen molar-refractivity contribution in [3.8, 4) is 0 Å². The molecule has 6 nitrogen and oxygen atoms in total. The third-order valence-corrected chi connectivity index (χ3v) is 3.58. The second-order valence-electron chi connectivity index (χ2n) is 4.37. The number of amidine groups is 1. The van der Waals surface area contributed by atoms with Gasteiger partial charge in [0.1, 0.15) is 5.84 Å². The molecule has 0 unspecified atom stereocenters. The smallest absolute Gasteiger partial charge is 0.140 e. The first-order chi connectivity index (χ1) is 9.03. The average Bonchev–Trinajstić information content (AvgIpc) is 2.69. The lowest BCUT2D eigenvalue weighted by atomic mass is 10.3. The summed E-state index contributed by atoms with van der Waals surface area (Å²) in [5.41, 5.74) is 7.36. The topological polar surface area (TPSA) is 79.7 Å². The van der Waals surface area contributed by atoms with Crippen molar-refractivity contribution in [3.05, 3.63) is 16.4 Å². The van der Waals surface area contributed by atoms with E-state index in [0.717, 1.165) is 36.0 Å². The molecule has 0 spiro atoms. The Labute approximate surface area is 118 Å². The molecule has 0 amide bonds. The van der Waals surface area contributed by atoms with Crippen LogP contribution in [0, 0.1) is 6.92 Å². The van der Waals surface area contributed by atoms with E-state index in [0.29, 0.717) is 13.0 Å². The maximum absolute atomic E-state index is 8.55. The predicted octanol–water partition coefficient (Wildman–Crippen LogP) is 1.82. The lowest BCUT2D eigenvalue weighted by Gasteiger charge is -2.20. The SMILES string of the molecule is CCN(CCC(N)=NO)Cc1c(Cl)c(C)nn1CC. The van der Waals surface area contributed by atoms with Gasteiger partial charge < -0.3 is 10.9 Å². The minimum atomic E-state index is 0.240. The van der Waals surface area contributed by atoms with E-state index < -0.39 is 0 Å². The maximum Gasteiger partial charge on any atom is 0.140 e. The normalized spacial score (nSPS) is 12.4. The summed E-state index contributed by atoms with van der Waals surface area (Å²) in [5, 5.41) is 16.7. The number of aryl methyl sites for hydroxylation is 2. The van der Waals surface area contributed by atoms with Crippen LogP contribution < -0.4 is 5.73 Å². The number of hydrogen-bond donors (Lipinski definition) is 2. The zero-order valence-corrected chi connectivity index (χ0v) is 12.5. The van der Waals surface area contributed by atoms with Crippen LogP contribution in [0.1, 0.15) is 31.7 Å². The van der Waals surface area contributed by atoms with Crippen molar-refractivity contribution in [1.82, 2.24) is 14.7 Å². The fourth-order valence-corrected chi connectivity index (χ4v) is 2.10. The quantitative estimate of drug-likeness (QED) is 0.347. The summed E-state index contributed by atoms with van der Waals surface area (Å²) in [4.78, 5) is 2.19. The van der Waals surface area contributed by atoms with Crippen molar-refractivity contribution in [1.29, 1.82) is 0 Å². The zero-order valence-electron chi connectivity index (χ0n) is 11.7. The number of nitrogens with two attached hydrogens (primary N) is 1. The van der Waals surface area contributed by atoms with Crippen LogP contribution in [0.5, 0.6) is 0 Å². The molecule has 1 heterocycles. The van der Waals surface area contributed by atoms with Crippen LogP contribution in [0.3, 0.4) is 0 Å². The third kappa shape index (κ3) is 4.11. The van der Waals surface area contributed by atoms with Gasteiger partial charge in [0.2, 0.25) is 0 Å². The Morgan fingerprint density at radius 3 is 2.74 bits per heavy atom. The Morgan fingerprint density at radius 2 is 2.21 bits per heavy atom. The van der Waals surface area contributed by atoms with Gasteiger partial charge in [-0.25, -0.2) is 0 Å². The first kappa shape index (κ1) is 15.8. The lowest BCUT2D eigenvalue weighted by Crippen LogP contribution is -2.29. The van der Waals surface area contributed by atoms with Gasteiger partial charge in [0, 0.05) is 26.1 Å². The number of halogens is 1. The van der Waals surface area contributed by atoms with E-state index in [1.807, 2.05) is 18.5 Å². The van der Waals surface area contributed by atoms with Crippen LogP contribution in [0.15, 0.2) is 5.16 Å². The Balaban J connectivity index is 2.75. The second kappa shape index (κ2) is 7.35. The van der Waals surface area contributed by atoms with Gasteiger partial charge in [-0.1, -0.05) is 23.7 Å². The summed E-state index contributed by atoms with van der Waals surface area (Å²) in [6.45, 7) is 9.10.